The van der Waals surface area contributed by atoms with E-state index in [1.165, 1.54) is 0 Å². The number of carbonyl (C=O) groups is 2. The molecule has 0 bridgehead atoms. The van der Waals surface area contributed by atoms with Crippen LogP contribution in [0.3, 0.4) is 0 Å². The summed E-state index contributed by atoms with van der Waals surface area (Å²) in [6.45, 7) is 1.93. The van der Waals surface area contributed by atoms with Gasteiger partial charge in [0.15, 0.2) is 5.65 Å². The second kappa shape index (κ2) is 8.61. The van der Waals surface area contributed by atoms with Gasteiger partial charge in [0, 0.05) is 31.7 Å². The molecular formula is C24H27N5O3. The van der Waals surface area contributed by atoms with Crippen molar-refractivity contribution >= 4 is 23.0 Å². The van der Waals surface area contributed by atoms with Crippen molar-refractivity contribution in [3.05, 3.63) is 54.0 Å². The molecule has 2 aliphatic rings. The number of carbonyl (C=O) groups excluding carboxylic acids is 2. The maximum absolute atomic E-state index is 13.4. The first-order valence-electron chi connectivity index (χ1n) is 11.2. The smallest absolute Gasteiger partial charge is 0.258 e. The number of para-hydroxylation sites is 1. The molecule has 0 spiro atoms. The van der Waals surface area contributed by atoms with Crippen molar-refractivity contribution in [1.82, 2.24) is 24.8 Å². The lowest BCUT2D eigenvalue weighted by Crippen LogP contribution is -2.49. The van der Waals surface area contributed by atoms with Gasteiger partial charge in [-0.05, 0) is 49.9 Å². The number of nitrogens with zero attached hydrogens (tertiary/aromatic N) is 4. The topological polar surface area (TPSA) is 91.4 Å². The quantitative estimate of drug-likeness (QED) is 0.683. The van der Waals surface area contributed by atoms with Crippen LogP contribution in [-0.4, -0.2) is 69.4 Å². The van der Waals surface area contributed by atoms with E-state index in [1.54, 1.807) is 30.3 Å². The van der Waals surface area contributed by atoms with E-state index >= 15 is 0 Å². The second-order valence-corrected chi connectivity index (χ2v) is 8.45. The van der Waals surface area contributed by atoms with Crippen LogP contribution in [0.25, 0.3) is 11.2 Å². The Morgan fingerprint density at radius 3 is 2.66 bits per heavy atom. The van der Waals surface area contributed by atoms with Crippen molar-refractivity contribution < 1.29 is 14.3 Å². The molecule has 2 fully saturated rings. The zero-order valence-electron chi connectivity index (χ0n) is 18.2. The summed E-state index contributed by atoms with van der Waals surface area (Å²) in [6.07, 6.45) is 4.97. The maximum Gasteiger partial charge on any atom is 0.258 e. The molecule has 1 atom stereocenters. The van der Waals surface area contributed by atoms with Gasteiger partial charge in [0.2, 0.25) is 5.91 Å². The van der Waals surface area contributed by atoms with Gasteiger partial charge < -0.3 is 19.5 Å². The maximum atomic E-state index is 13.4. The van der Waals surface area contributed by atoms with Crippen LogP contribution in [-0.2, 0) is 4.79 Å². The number of hydrogen-bond donors (Lipinski definition) is 1. The van der Waals surface area contributed by atoms with Crippen molar-refractivity contribution in [2.24, 2.45) is 0 Å². The highest BCUT2D eigenvalue weighted by atomic mass is 16.5. The van der Waals surface area contributed by atoms with Gasteiger partial charge in [0.1, 0.15) is 17.6 Å². The zero-order chi connectivity index (χ0) is 22.1. The molecule has 8 heteroatoms. The second-order valence-electron chi connectivity index (χ2n) is 8.45. The minimum atomic E-state index is -0.403. The highest BCUT2D eigenvalue weighted by molar-refractivity contribution is 6.00. The van der Waals surface area contributed by atoms with Gasteiger partial charge in [0.25, 0.3) is 5.91 Å². The molecule has 2 amide bonds. The van der Waals surface area contributed by atoms with Crippen LogP contribution in [0, 0.1) is 0 Å². The molecule has 8 nitrogen and oxygen atoms in total. The molecule has 32 heavy (non-hydrogen) atoms. The molecule has 2 aliphatic heterocycles. The Labute approximate surface area is 186 Å². The number of rotatable bonds is 4. The standard InChI is InChI=1S/C24H27N5O3/c1-32-20-9-3-2-6-17(20)23(30)29-13-5-8-19(29)24(31)28-14-10-16(11-15-28)21-26-18-7-4-12-25-22(18)27-21/h2-4,6-7,9,12,16,19H,5,8,10-11,13-15H2,1H3,(H,25,26,27). The monoisotopic (exact) mass is 433 g/mol. The Morgan fingerprint density at radius 2 is 1.88 bits per heavy atom. The van der Waals surface area contributed by atoms with Gasteiger partial charge in [-0.3, -0.25) is 9.59 Å². The highest BCUT2D eigenvalue weighted by Gasteiger charge is 2.38. The number of likely N-dealkylation sites (tertiary alicyclic amines) is 2. The number of aromatic nitrogens is 3. The van der Waals surface area contributed by atoms with Crippen LogP contribution in [0.2, 0.25) is 0 Å². The lowest BCUT2D eigenvalue weighted by Gasteiger charge is -2.35. The van der Waals surface area contributed by atoms with Crippen LogP contribution >= 0.6 is 0 Å². The van der Waals surface area contributed by atoms with Crippen molar-refractivity contribution in [2.75, 3.05) is 26.7 Å². The van der Waals surface area contributed by atoms with Crippen LogP contribution in [0.1, 0.15) is 47.8 Å². The molecule has 1 aromatic carbocycles. The van der Waals surface area contributed by atoms with E-state index in [0.717, 1.165) is 36.3 Å². The summed E-state index contributed by atoms with van der Waals surface area (Å²) in [7, 11) is 1.56. The van der Waals surface area contributed by atoms with E-state index in [2.05, 4.69) is 15.0 Å². The predicted octanol–water partition coefficient (Wildman–Crippen LogP) is 2.98. The Kier molecular flexibility index (Phi) is 5.51. The summed E-state index contributed by atoms with van der Waals surface area (Å²) in [5.74, 6) is 1.68. The largest absolute Gasteiger partial charge is 0.496 e. The lowest BCUT2D eigenvalue weighted by molar-refractivity contribution is -0.136. The summed E-state index contributed by atoms with van der Waals surface area (Å²) in [4.78, 5) is 42.5. The van der Waals surface area contributed by atoms with Crippen LogP contribution in [0.5, 0.6) is 5.75 Å². The Morgan fingerprint density at radius 1 is 1.06 bits per heavy atom. The number of pyridine rings is 1. The first-order chi connectivity index (χ1) is 15.7. The molecule has 2 saturated heterocycles. The zero-order valence-corrected chi connectivity index (χ0v) is 18.2. The number of aromatic amines is 1. The molecule has 5 rings (SSSR count). The molecule has 3 aromatic rings. The average molecular weight is 434 g/mol. The molecule has 0 aliphatic carbocycles. The average Bonchev–Trinajstić information content (AvgIpc) is 3.50. The number of H-pyrrole nitrogens is 1. The van der Waals surface area contributed by atoms with E-state index in [4.69, 9.17) is 4.74 Å². The van der Waals surface area contributed by atoms with E-state index in [0.29, 0.717) is 37.4 Å². The van der Waals surface area contributed by atoms with E-state index in [9.17, 15) is 9.59 Å². The van der Waals surface area contributed by atoms with E-state index in [-0.39, 0.29) is 17.7 Å². The third kappa shape index (κ3) is 3.70. The van der Waals surface area contributed by atoms with Crippen LogP contribution < -0.4 is 4.74 Å². The highest BCUT2D eigenvalue weighted by Crippen LogP contribution is 2.30. The van der Waals surface area contributed by atoms with Crippen LogP contribution in [0.4, 0.5) is 0 Å². The minimum absolute atomic E-state index is 0.0514. The molecule has 0 radical (unpaired) electrons. The van der Waals surface area contributed by atoms with Crippen molar-refractivity contribution in [1.29, 1.82) is 0 Å². The minimum Gasteiger partial charge on any atom is -0.496 e. The molecule has 166 valence electrons. The normalized spacial score (nSPS) is 19.5. The number of benzene rings is 1. The molecule has 2 aromatic heterocycles. The van der Waals surface area contributed by atoms with Crippen LogP contribution in [0.15, 0.2) is 42.6 Å². The van der Waals surface area contributed by atoms with Gasteiger partial charge in [-0.15, -0.1) is 0 Å². The molecule has 1 N–H and O–H groups in total. The third-order valence-electron chi connectivity index (χ3n) is 6.61. The summed E-state index contributed by atoms with van der Waals surface area (Å²) < 4.78 is 5.36. The van der Waals surface area contributed by atoms with E-state index < -0.39 is 6.04 Å². The third-order valence-corrected chi connectivity index (χ3v) is 6.61. The van der Waals surface area contributed by atoms with Gasteiger partial charge in [0.05, 0.1) is 18.2 Å². The van der Waals surface area contributed by atoms with Gasteiger partial charge >= 0.3 is 0 Å². The van der Waals surface area contributed by atoms with Gasteiger partial charge in [-0.25, -0.2) is 9.97 Å². The number of hydrogen-bond acceptors (Lipinski definition) is 5. The van der Waals surface area contributed by atoms with E-state index in [1.807, 2.05) is 29.2 Å². The van der Waals surface area contributed by atoms with Crippen molar-refractivity contribution in [3.63, 3.8) is 0 Å². The number of fused-ring (bicyclic) bond motifs is 1. The number of amides is 2. The molecular weight excluding hydrogens is 406 g/mol. The number of ether oxygens (including phenoxy) is 1. The summed E-state index contributed by atoms with van der Waals surface area (Å²) in [5.41, 5.74) is 2.18. The number of piperidine rings is 1. The van der Waals surface area contributed by atoms with Gasteiger partial charge in [-0.2, -0.15) is 0 Å². The van der Waals surface area contributed by atoms with Crippen molar-refractivity contribution in [2.45, 2.75) is 37.6 Å². The Hall–Kier alpha value is -3.42. The summed E-state index contributed by atoms with van der Waals surface area (Å²) in [5, 5.41) is 0. The molecule has 0 saturated carbocycles. The first kappa shape index (κ1) is 20.5. The fourth-order valence-electron chi connectivity index (χ4n) is 4.88. The summed E-state index contributed by atoms with van der Waals surface area (Å²) in [6, 6.07) is 10.7. The number of methoxy groups -OCH3 is 1. The summed E-state index contributed by atoms with van der Waals surface area (Å²) >= 11 is 0. The Bertz CT molecular complexity index is 1100. The van der Waals surface area contributed by atoms with Crippen molar-refractivity contribution in [3.8, 4) is 5.75 Å². The lowest BCUT2D eigenvalue weighted by atomic mass is 9.95. The number of nitrogens with one attached hydrogen (secondary N) is 1. The SMILES string of the molecule is COc1ccccc1C(=O)N1CCCC1C(=O)N1CCC(c2nc3ncccc3[nH]2)CC1. The number of imidazole rings is 1. The predicted molar refractivity (Wildman–Crippen MR) is 119 cm³/mol. The Balaban J connectivity index is 1.25. The van der Waals surface area contributed by atoms with Gasteiger partial charge in [-0.1, -0.05) is 12.1 Å². The fourth-order valence-corrected chi connectivity index (χ4v) is 4.88. The first-order valence-corrected chi connectivity index (χ1v) is 11.2. The molecule has 1 unspecified atom stereocenters. The molecule has 4 heterocycles. The fraction of sp³-hybridized carbons (Fsp3) is 0.417.